The molecule has 56 heavy (non-hydrogen) atoms. The smallest absolute Gasteiger partial charge is 0.302 e. The monoisotopic (exact) mass is 808 g/mol. The molecule has 0 aromatic heterocycles. The van der Waals surface area contributed by atoms with Crippen LogP contribution in [0.15, 0.2) is 47.5 Å². The zero-order chi connectivity index (χ0) is 39.4. The van der Waals surface area contributed by atoms with E-state index in [1.54, 1.807) is 0 Å². The number of nitrogens with two attached hydrogens (primary N) is 1. The van der Waals surface area contributed by atoms with Gasteiger partial charge in [0, 0.05) is 56.1 Å². The second kappa shape index (κ2) is 20.6. The van der Waals surface area contributed by atoms with Crippen LogP contribution in [-0.2, 0) is 33.7 Å². The normalized spacial score (nSPS) is 26.4. The van der Waals surface area contributed by atoms with Gasteiger partial charge in [0.1, 0.15) is 6.10 Å². The molecule has 12 heteroatoms. The highest BCUT2D eigenvalue weighted by Crippen LogP contribution is 2.46. The fourth-order valence-corrected chi connectivity index (χ4v) is 12.3. The average molecular weight is 809 g/mol. The molecule has 0 unspecified atom stereocenters. The van der Waals surface area contributed by atoms with Crippen molar-refractivity contribution >= 4 is 39.4 Å². The molecule has 2 saturated carbocycles. The number of hydrogen-bond acceptors (Lipinski definition) is 11. The molecule has 0 radical (unpaired) electrons. The van der Waals surface area contributed by atoms with E-state index in [9.17, 15) is 19.8 Å². The van der Waals surface area contributed by atoms with Gasteiger partial charge in [0.05, 0.1) is 17.1 Å². The minimum atomic E-state index is -0.558. The van der Waals surface area contributed by atoms with Gasteiger partial charge in [-0.05, 0) is 94.2 Å². The van der Waals surface area contributed by atoms with E-state index in [-0.39, 0.29) is 40.6 Å². The number of aliphatic hydroxyl groups excluding tert-OH is 1. The Hall–Kier alpha value is -3.09. The van der Waals surface area contributed by atoms with Gasteiger partial charge in [-0.2, -0.15) is 0 Å². The topological polar surface area (TPSA) is 147 Å². The Balaban J connectivity index is 1.27. The highest BCUT2D eigenvalue weighted by molar-refractivity contribution is 8.77. The molecule has 2 aliphatic carbocycles. The number of amides is 1. The number of nitrogens with zero attached hydrogens (tertiary/aromatic N) is 2. The molecule has 1 amide bonds. The summed E-state index contributed by atoms with van der Waals surface area (Å²) in [6, 6.07) is 14.2. The van der Waals surface area contributed by atoms with Crippen LogP contribution in [0.2, 0.25) is 0 Å². The third kappa shape index (κ3) is 12.5. The number of hydrogen-bond donors (Lipinski definition) is 4. The van der Waals surface area contributed by atoms with Crippen LogP contribution in [0.25, 0.3) is 0 Å². The first kappa shape index (κ1) is 42.5. The van der Waals surface area contributed by atoms with E-state index in [2.05, 4.69) is 17.4 Å². The van der Waals surface area contributed by atoms with Crippen molar-refractivity contribution in [2.45, 2.75) is 159 Å². The molecule has 1 saturated heterocycles. The standard InChI is InChI=1S/C44H64N4O6S2/c1-32(49)53-38-19-18-34-25-35(41(52)39(26-34)54-37-16-8-9-17-37)30-48-31-43(29-40(48)51,28-33-13-5-4-6-14-33)22-23-46-42(45)47-44(20-10-11-21-44)56-55-24-12-3-2-7-15-36(50)27-38/h4-6,13-14,25-26,36-38,50,52H,2-3,7-12,15-24,27-31H2,1H3,(H3,45,46,47)/t36-,38-,43+/m0/s1. The van der Waals surface area contributed by atoms with Crippen molar-refractivity contribution in [3.8, 4) is 11.5 Å². The Morgan fingerprint density at radius 2 is 1.73 bits per heavy atom. The van der Waals surface area contributed by atoms with Crippen molar-refractivity contribution in [3.05, 3.63) is 59.2 Å². The van der Waals surface area contributed by atoms with E-state index in [1.165, 1.54) is 25.3 Å². The molecule has 3 fully saturated rings. The number of guanidine groups is 1. The molecule has 2 aliphatic heterocycles. The quantitative estimate of drug-likeness (QED) is 0.172. The third-order valence-electron chi connectivity index (χ3n) is 12.0. The fraction of sp³-hybridized carbons (Fsp3) is 0.659. The first-order chi connectivity index (χ1) is 27.1. The summed E-state index contributed by atoms with van der Waals surface area (Å²) in [6.45, 7) is 2.72. The van der Waals surface area contributed by atoms with E-state index in [0.29, 0.717) is 68.9 Å². The molecular weight excluding hydrogens is 745 g/mol. The summed E-state index contributed by atoms with van der Waals surface area (Å²) in [7, 11) is 3.81. The van der Waals surface area contributed by atoms with Crippen molar-refractivity contribution in [1.82, 2.24) is 10.2 Å². The van der Waals surface area contributed by atoms with Gasteiger partial charge < -0.3 is 35.6 Å². The van der Waals surface area contributed by atoms with Crippen LogP contribution in [-0.4, -0.2) is 75.0 Å². The lowest BCUT2D eigenvalue weighted by Gasteiger charge is -2.30. The molecule has 2 aromatic rings. The molecule has 5 N–H and O–H groups in total. The van der Waals surface area contributed by atoms with E-state index in [0.717, 1.165) is 81.9 Å². The first-order valence-electron chi connectivity index (χ1n) is 21.2. The Kier molecular flexibility index (Phi) is 15.6. The second-order valence-electron chi connectivity index (χ2n) is 16.8. The van der Waals surface area contributed by atoms with E-state index in [4.69, 9.17) is 20.2 Å². The van der Waals surface area contributed by atoms with Gasteiger partial charge in [-0.15, -0.1) is 0 Å². The summed E-state index contributed by atoms with van der Waals surface area (Å²) < 4.78 is 12.2. The van der Waals surface area contributed by atoms with Gasteiger partial charge in [0.2, 0.25) is 5.91 Å². The van der Waals surface area contributed by atoms with Crippen LogP contribution in [0.5, 0.6) is 11.5 Å². The molecule has 3 atom stereocenters. The van der Waals surface area contributed by atoms with Gasteiger partial charge in [-0.3, -0.25) is 14.6 Å². The van der Waals surface area contributed by atoms with Crippen molar-refractivity contribution < 1.29 is 29.3 Å². The number of phenolic OH excluding ortho intramolecular Hbond substituents is 1. The molecule has 2 heterocycles. The number of benzene rings is 2. The number of carbonyl (C=O) groups is 2. The Morgan fingerprint density at radius 3 is 2.50 bits per heavy atom. The lowest BCUT2D eigenvalue weighted by Crippen LogP contribution is -2.47. The largest absolute Gasteiger partial charge is 0.504 e. The zero-order valence-corrected chi connectivity index (χ0v) is 35.0. The molecule has 4 aliphatic rings. The number of fused-ring (bicyclic) bond motifs is 4. The first-order valence-corrected chi connectivity index (χ1v) is 23.5. The lowest BCUT2D eigenvalue weighted by atomic mass is 9.78. The highest BCUT2D eigenvalue weighted by Gasteiger charge is 2.43. The summed E-state index contributed by atoms with van der Waals surface area (Å²) in [4.78, 5) is 32.8. The number of phenols is 1. The lowest BCUT2D eigenvalue weighted by molar-refractivity contribution is -0.148. The van der Waals surface area contributed by atoms with Gasteiger partial charge in [0.25, 0.3) is 0 Å². The van der Waals surface area contributed by atoms with Gasteiger partial charge in [-0.25, -0.2) is 0 Å². The summed E-state index contributed by atoms with van der Waals surface area (Å²) in [5.41, 5.74) is 9.02. The van der Waals surface area contributed by atoms with Crippen molar-refractivity contribution in [2.75, 3.05) is 18.8 Å². The van der Waals surface area contributed by atoms with Gasteiger partial charge in [0.15, 0.2) is 17.5 Å². The molecule has 1 spiro atoms. The van der Waals surface area contributed by atoms with Gasteiger partial charge in [-0.1, -0.05) is 90.1 Å². The minimum absolute atomic E-state index is 0.0391. The number of carbonyl (C=O) groups excluding carboxylic acids is 2. The average Bonchev–Trinajstić information content (AvgIpc) is 3.91. The van der Waals surface area contributed by atoms with Crippen molar-refractivity contribution in [2.24, 2.45) is 16.1 Å². The number of esters is 1. The maximum Gasteiger partial charge on any atom is 0.302 e. The Morgan fingerprint density at radius 1 is 0.982 bits per heavy atom. The van der Waals surface area contributed by atoms with Crippen LogP contribution in [0.1, 0.15) is 133 Å². The van der Waals surface area contributed by atoms with Crippen molar-refractivity contribution in [1.29, 1.82) is 0 Å². The Bertz CT molecular complexity index is 1620. The molecule has 308 valence electrons. The second-order valence-corrected chi connectivity index (χ2v) is 19.6. The minimum Gasteiger partial charge on any atom is -0.504 e. The van der Waals surface area contributed by atoms with Crippen LogP contribution in [0.4, 0.5) is 0 Å². The van der Waals surface area contributed by atoms with Gasteiger partial charge >= 0.3 is 5.97 Å². The number of nitrogens with one attached hydrogen (secondary N) is 1. The van der Waals surface area contributed by atoms with E-state index >= 15 is 0 Å². The highest BCUT2D eigenvalue weighted by atomic mass is 33.1. The summed E-state index contributed by atoms with van der Waals surface area (Å²) in [5, 5.41) is 26.3. The maximum atomic E-state index is 14.0. The van der Waals surface area contributed by atoms with Crippen LogP contribution in [0.3, 0.4) is 0 Å². The van der Waals surface area contributed by atoms with Crippen LogP contribution < -0.4 is 15.8 Å². The molecule has 6 rings (SSSR count). The number of rotatable bonds is 5. The number of aliphatic imine (C=N–C) groups is 1. The van der Waals surface area contributed by atoms with E-state index in [1.807, 2.05) is 56.8 Å². The Labute approximate surface area is 341 Å². The number of aryl methyl sites for hydroxylation is 1. The molecule has 4 bridgehead atoms. The molecule has 10 nitrogen and oxygen atoms in total. The van der Waals surface area contributed by atoms with E-state index < -0.39 is 12.2 Å². The molecular formula is C44H64N4O6S2. The summed E-state index contributed by atoms with van der Waals surface area (Å²) in [6.07, 6.45) is 15.7. The number of aromatic hydroxyl groups is 1. The number of aliphatic hydroxyl groups is 1. The number of ether oxygens (including phenoxy) is 2. The van der Waals surface area contributed by atoms with Crippen LogP contribution in [0, 0.1) is 5.41 Å². The summed E-state index contributed by atoms with van der Waals surface area (Å²) >= 11 is 0. The SMILES string of the molecule is CC(=O)O[C@H]1CCc2cc(c(O)c(OC3CCCC3)c2)CN2C[C@@](Cc3ccccc3)(CCN=C(N)NC3(CCCC3)SSCCCCCC[C@H](O)C1)CC2=O. The third-order valence-corrected chi connectivity index (χ3v) is 15.3. The maximum absolute atomic E-state index is 14.0. The van der Waals surface area contributed by atoms with Crippen LogP contribution >= 0.6 is 21.6 Å². The fourth-order valence-electron chi connectivity index (χ4n) is 9.12. The van der Waals surface area contributed by atoms with Crippen molar-refractivity contribution in [3.63, 3.8) is 0 Å². The predicted octanol–water partition coefficient (Wildman–Crippen LogP) is 8.20. The zero-order valence-electron chi connectivity index (χ0n) is 33.4. The predicted molar refractivity (Wildman–Crippen MR) is 227 cm³/mol. The molecule has 2 aromatic carbocycles. The summed E-state index contributed by atoms with van der Waals surface area (Å²) in [5.74, 6) is 1.75.